The van der Waals surface area contributed by atoms with Gasteiger partial charge in [-0.2, -0.15) is 5.26 Å². The Hall–Kier alpha value is -1.73. The summed E-state index contributed by atoms with van der Waals surface area (Å²) in [7, 11) is 0. The average molecular weight is 313 g/mol. The molecule has 1 aliphatic heterocycles. The van der Waals surface area contributed by atoms with Gasteiger partial charge in [0, 0.05) is 24.8 Å². The van der Waals surface area contributed by atoms with Gasteiger partial charge in [-0.25, -0.2) is 0 Å². The van der Waals surface area contributed by atoms with Crippen LogP contribution in [0.2, 0.25) is 0 Å². The third kappa shape index (κ3) is 3.79. The molecule has 4 heteroatoms. The van der Waals surface area contributed by atoms with E-state index in [9.17, 15) is 10.4 Å². The number of aliphatic hydroxyl groups excluding tert-OH is 1. The zero-order chi connectivity index (χ0) is 16.2. The fourth-order valence-corrected chi connectivity index (χ4v) is 3.84. The topological polar surface area (TPSA) is 59.3 Å². The van der Waals surface area contributed by atoms with Gasteiger partial charge in [0.2, 0.25) is 0 Å². The Bertz CT molecular complexity index is 572. The third-order valence-electron chi connectivity index (χ3n) is 5.39. The van der Waals surface area contributed by atoms with E-state index in [4.69, 9.17) is 0 Å². The van der Waals surface area contributed by atoms with Crippen molar-refractivity contribution in [3.8, 4) is 6.07 Å². The first-order valence-corrected chi connectivity index (χ1v) is 8.91. The predicted octanol–water partition coefficient (Wildman–Crippen LogP) is 3.51. The first-order valence-electron chi connectivity index (χ1n) is 8.91. The van der Waals surface area contributed by atoms with Gasteiger partial charge in [0.1, 0.15) is 6.07 Å². The van der Waals surface area contributed by atoms with Gasteiger partial charge >= 0.3 is 0 Å². The van der Waals surface area contributed by atoms with Crippen molar-refractivity contribution in [2.24, 2.45) is 5.92 Å². The van der Waals surface area contributed by atoms with E-state index in [0.717, 1.165) is 42.9 Å². The van der Waals surface area contributed by atoms with Crippen LogP contribution in [-0.2, 0) is 0 Å². The SMILES string of the molecule is CC1CCCCC1Nc1ccc(N2CCC(O)CC2)c(C#N)c1. The number of hydrogen-bond donors (Lipinski definition) is 2. The number of anilines is 2. The molecule has 0 amide bonds. The van der Waals surface area contributed by atoms with E-state index in [-0.39, 0.29) is 6.10 Å². The zero-order valence-electron chi connectivity index (χ0n) is 14.0. The highest BCUT2D eigenvalue weighted by Crippen LogP contribution is 2.30. The Labute approximate surface area is 139 Å². The number of aliphatic hydroxyl groups is 1. The molecule has 1 saturated heterocycles. The summed E-state index contributed by atoms with van der Waals surface area (Å²) in [6, 6.07) is 9.02. The Morgan fingerprint density at radius 1 is 1.17 bits per heavy atom. The molecule has 1 heterocycles. The lowest BCUT2D eigenvalue weighted by Crippen LogP contribution is -2.36. The largest absolute Gasteiger partial charge is 0.393 e. The number of nitriles is 1. The van der Waals surface area contributed by atoms with Gasteiger partial charge in [-0.15, -0.1) is 0 Å². The molecule has 2 fully saturated rings. The molecule has 0 aromatic heterocycles. The van der Waals surface area contributed by atoms with E-state index >= 15 is 0 Å². The molecule has 2 unspecified atom stereocenters. The first kappa shape index (κ1) is 16.1. The van der Waals surface area contributed by atoms with Crippen molar-refractivity contribution in [1.29, 1.82) is 5.26 Å². The van der Waals surface area contributed by atoms with Crippen molar-refractivity contribution in [1.82, 2.24) is 0 Å². The van der Waals surface area contributed by atoms with Gasteiger partial charge in [-0.1, -0.05) is 19.8 Å². The van der Waals surface area contributed by atoms with Crippen LogP contribution in [0, 0.1) is 17.2 Å². The van der Waals surface area contributed by atoms with Gasteiger partial charge in [-0.3, -0.25) is 0 Å². The molecule has 2 aliphatic rings. The molecule has 0 radical (unpaired) electrons. The molecular formula is C19H27N3O. The standard InChI is InChI=1S/C19H27N3O/c1-14-4-2-3-5-18(14)21-16-6-7-19(15(12-16)13-20)22-10-8-17(23)9-11-22/h6-7,12,14,17-18,21,23H,2-5,8-11H2,1H3. The van der Waals surface area contributed by atoms with Crippen LogP contribution in [0.1, 0.15) is 51.0 Å². The minimum absolute atomic E-state index is 0.189. The molecule has 2 atom stereocenters. The van der Waals surface area contributed by atoms with E-state index in [1.165, 1.54) is 25.7 Å². The van der Waals surface area contributed by atoms with E-state index in [1.54, 1.807) is 0 Å². The second kappa shape index (κ2) is 7.23. The number of nitrogens with one attached hydrogen (secondary N) is 1. The van der Waals surface area contributed by atoms with Crippen LogP contribution in [-0.4, -0.2) is 30.3 Å². The van der Waals surface area contributed by atoms with Crippen LogP contribution in [0.4, 0.5) is 11.4 Å². The minimum atomic E-state index is -0.189. The fraction of sp³-hybridized carbons (Fsp3) is 0.632. The van der Waals surface area contributed by atoms with Crippen molar-refractivity contribution < 1.29 is 5.11 Å². The van der Waals surface area contributed by atoms with Gasteiger partial charge < -0.3 is 15.3 Å². The van der Waals surface area contributed by atoms with Crippen LogP contribution in [0.25, 0.3) is 0 Å². The summed E-state index contributed by atoms with van der Waals surface area (Å²) in [6.07, 6.45) is 6.51. The van der Waals surface area contributed by atoms with Gasteiger partial charge in [0.05, 0.1) is 17.4 Å². The summed E-state index contributed by atoms with van der Waals surface area (Å²) in [4.78, 5) is 2.22. The highest BCUT2D eigenvalue weighted by atomic mass is 16.3. The number of benzene rings is 1. The Kier molecular flexibility index (Phi) is 5.07. The lowest BCUT2D eigenvalue weighted by molar-refractivity contribution is 0.145. The number of nitrogens with zero attached hydrogens (tertiary/aromatic N) is 2. The third-order valence-corrected chi connectivity index (χ3v) is 5.39. The summed E-state index contributed by atoms with van der Waals surface area (Å²) in [6.45, 7) is 3.96. The molecule has 23 heavy (non-hydrogen) atoms. The average Bonchev–Trinajstić information content (AvgIpc) is 2.58. The summed E-state index contributed by atoms with van der Waals surface area (Å²) in [5.74, 6) is 0.692. The molecule has 2 N–H and O–H groups in total. The number of piperidine rings is 1. The maximum atomic E-state index is 9.65. The van der Waals surface area contributed by atoms with E-state index in [0.29, 0.717) is 12.0 Å². The normalized spacial score (nSPS) is 25.9. The van der Waals surface area contributed by atoms with E-state index in [1.807, 2.05) is 6.07 Å². The Balaban J connectivity index is 1.73. The second-order valence-electron chi connectivity index (χ2n) is 7.07. The highest BCUT2D eigenvalue weighted by molar-refractivity contribution is 5.65. The molecule has 124 valence electrons. The molecule has 1 aromatic carbocycles. The second-order valence-corrected chi connectivity index (χ2v) is 7.07. The lowest BCUT2D eigenvalue weighted by Gasteiger charge is -2.33. The number of hydrogen-bond acceptors (Lipinski definition) is 4. The summed E-state index contributed by atoms with van der Waals surface area (Å²) in [5, 5.41) is 22.8. The summed E-state index contributed by atoms with van der Waals surface area (Å²) >= 11 is 0. The predicted molar refractivity (Wildman–Crippen MR) is 93.7 cm³/mol. The molecule has 1 aliphatic carbocycles. The molecule has 1 saturated carbocycles. The molecule has 4 nitrogen and oxygen atoms in total. The van der Waals surface area contributed by atoms with Crippen LogP contribution >= 0.6 is 0 Å². The first-order chi connectivity index (χ1) is 11.2. The van der Waals surface area contributed by atoms with Gasteiger partial charge in [-0.05, 0) is 49.8 Å². The Morgan fingerprint density at radius 3 is 2.61 bits per heavy atom. The van der Waals surface area contributed by atoms with Crippen molar-refractivity contribution in [3.05, 3.63) is 23.8 Å². The zero-order valence-corrected chi connectivity index (χ0v) is 14.0. The van der Waals surface area contributed by atoms with Gasteiger partial charge in [0.15, 0.2) is 0 Å². The lowest BCUT2D eigenvalue weighted by atomic mass is 9.86. The van der Waals surface area contributed by atoms with E-state index < -0.39 is 0 Å². The van der Waals surface area contributed by atoms with Crippen molar-refractivity contribution in [2.75, 3.05) is 23.3 Å². The highest BCUT2D eigenvalue weighted by Gasteiger charge is 2.22. The van der Waals surface area contributed by atoms with Crippen LogP contribution in [0.3, 0.4) is 0 Å². The maximum absolute atomic E-state index is 9.65. The summed E-state index contributed by atoms with van der Waals surface area (Å²) in [5.41, 5.74) is 2.79. The number of rotatable bonds is 3. The van der Waals surface area contributed by atoms with Crippen molar-refractivity contribution in [3.63, 3.8) is 0 Å². The fourth-order valence-electron chi connectivity index (χ4n) is 3.84. The molecule has 0 spiro atoms. The molecule has 1 aromatic rings. The molecular weight excluding hydrogens is 286 g/mol. The van der Waals surface area contributed by atoms with Gasteiger partial charge in [0.25, 0.3) is 0 Å². The van der Waals surface area contributed by atoms with Crippen LogP contribution in [0.15, 0.2) is 18.2 Å². The monoisotopic (exact) mass is 313 g/mol. The summed E-state index contributed by atoms with van der Waals surface area (Å²) < 4.78 is 0. The minimum Gasteiger partial charge on any atom is -0.393 e. The maximum Gasteiger partial charge on any atom is 0.101 e. The smallest absolute Gasteiger partial charge is 0.101 e. The van der Waals surface area contributed by atoms with E-state index in [2.05, 4.69) is 35.3 Å². The molecule has 3 rings (SSSR count). The van der Waals surface area contributed by atoms with Crippen LogP contribution < -0.4 is 10.2 Å². The quantitative estimate of drug-likeness (QED) is 0.896. The van der Waals surface area contributed by atoms with Crippen LogP contribution in [0.5, 0.6) is 0 Å². The van der Waals surface area contributed by atoms with Crippen molar-refractivity contribution >= 4 is 11.4 Å². The molecule has 0 bridgehead atoms. The van der Waals surface area contributed by atoms with Crippen molar-refractivity contribution in [2.45, 2.75) is 57.6 Å². The Morgan fingerprint density at radius 2 is 1.91 bits per heavy atom.